The quantitative estimate of drug-likeness (QED) is 0.760. The molecule has 6 nitrogen and oxygen atoms in total. The van der Waals surface area contributed by atoms with E-state index < -0.39 is 0 Å². The van der Waals surface area contributed by atoms with Gasteiger partial charge in [0.1, 0.15) is 0 Å². The third kappa shape index (κ3) is 6.75. The summed E-state index contributed by atoms with van der Waals surface area (Å²) in [6.45, 7) is 3.59. The van der Waals surface area contributed by atoms with Crippen molar-refractivity contribution in [2.75, 3.05) is 17.2 Å². The third-order valence-corrected chi connectivity index (χ3v) is 4.07. The second-order valence-corrected chi connectivity index (χ2v) is 6.53. The van der Waals surface area contributed by atoms with Crippen molar-refractivity contribution in [1.29, 1.82) is 0 Å². The minimum atomic E-state index is -0.265. The molecule has 0 aliphatic rings. The lowest BCUT2D eigenvalue weighted by atomic mass is 10.2. The van der Waals surface area contributed by atoms with Gasteiger partial charge in [-0.1, -0.05) is 41.9 Å². The smallest absolute Gasteiger partial charge is 0.226 e. The first kappa shape index (κ1) is 20.5. The molecule has 0 spiro atoms. The minimum absolute atomic E-state index is 0.0999. The summed E-state index contributed by atoms with van der Waals surface area (Å²) in [5, 5.41) is 5.83. The van der Waals surface area contributed by atoms with Gasteiger partial charge in [-0.05, 0) is 23.8 Å². The predicted molar refractivity (Wildman–Crippen MR) is 107 cm³/mol. The Morgan fingerprint density at radius 3 is 2.30 bits per heavy atom. The molecule has 0 saturated heterocycles. The van der Waals surface area contributed by atoms with Gasteiger partial charge in [-0.2, -0.15) is 0 Å². The van der Waals surface area contributed by atoms with Crippen molar-refractivity contribution in [1.82, 2.24) is 4.90 Å². The Bertz CT molecular complexity index is 824. The van der Waals surface area contributed by atoms with Gasteiger partial charge in [0.25, 0.3) is 0 Å². The number of rotatable bonds is 7. The van der Waals surface area contributed by atoms with Crippen LogP contribution in [0.4, 0.5) is 11.4 Å². The van der Waals surface area contributed by atoms with Crippen molar-refractivity contribution in [2.24, 2.45) is 0 Å². The van der Waals surface area contributed by atoms with Gasteiger partial charge in [0.05, 0.1) is 11.4 Å². The van der Waals surface area contributed by atoms with Crippen LogP contribution in [0.25, 0.3) is 0 Å². The summed E-state index contributed by atoms with van der Waals surface area (Å²) in [6.07, 6.45) is 0.133. The van der Waals surface area contributed by atoms with Gasteiger partial charge in [-0.25, -0.2) is 0 Å². The summed E-state index contributed by atoms with van der Waals surface area (Å²) in [7, 11) is 0. The largest absolute Gasteiger partial charge is 0.338 e. The molecule has 0 aliphatic carbocycles. The molecule has 2 N–H and O–H groups in total. The lowest BCUT2D eigenvalue weighted by molar-refractivity contribution is -0.130. The number of halogens is 1. The summed E-state index contributed by atoms with van der Waals surface area (Å²) in [6, 6.07) is 14.4. The van der Waals surface area contributed by atoms with Crippen LogP contribution in [0.3, 0.4) is 0 Å². The second kappa shape index (κ2) is 9.73. The molecule has 0 atom stereocenters. The molecule has 0 bridgehead atoms. The van der Waals surface area contributed by atoms with Crippen LogP contribution < -0.4 is 10.6 Å². The number of anilines is 2. The molecule has 0 aromatic heterocycles. The van der Waals surface area contributed by atoms with Crippen LogP contribution in [0.1, 0.15) is 25.8 Å². The topological polar surface area (TPSA) is 78.5 Å². The lowest BCUT2D eigenvalue weighted by Crippen LogP contribution is -2.31. The first-order valence-electron chi connectivity index (χ1n) is 8.51. The zero-order valence-electron chi connectivity index (χ0n) is 15.3. The fraction of sp³-hybridized carbons (Fsp3) is 0.250. The van der Waals surface area contributed by atoms with Crippen LogP contribution in [0.5, 0.6) is 0 Å². The van der Waals surface area contributed by atoms with Crippen LogP contribution in [0.15, 0.2) is 48.5 Å². The standard InChI is InChI=1S/C20H22ClN3O3/c1-14(25)22-19-12-17(21)8-9-18(19)23-20(27)10-11-24(15(2)26)13-16-6-4-3-5-7-16/h3-9,12H,10-11,13H2,1-2H3,(H,22,25)(H,23,27). The van der Waals surface area contributed by atoms with Crippen molar-refractivity contribution < 1.29 is 14.4 Å². The summed E-state index contributed by atoms with van der Waals surface area (Å²) in [5.41, 5.74) is 1.88. The fourth-order valence-corrected chi connectivity index (χ4v) is 2.69. The Labute approximate surface area is 163 Å². The Hall–Kier alpha value is -2.86. The van der Waals surface area contributed by atoms with Crippen LogP contribution in [0.2, 0.25) is 5.02 Å². The van der Waals surface area contributed by atoms with Crippen molar-refractivity contribution in [3.8, 4) is 0 Å². The molecule has 2 aromatic carbocycles. The van der Waals surface area contributed by atoms with Gasteiger partial charge in [-0.3, -0.25) is 14.4 Å². The van der Waals surface area contributed by atoms with Gasteiger partial charge in [0.15, 0.2) is 0 Å². The lowest BCUT2D eigenvalue weighted by Gasteiger charge is -2.21. The highest BCUT2D eigenvalue weighted by Gasteiger charge is 2.13. The van der Waals surface area contributed by atoms with E-state index in [1.165, 1.54) is 13.8 Å². The Morgan fingerprint density at radius 2 is 1.67 bits per heavy atom. The zero-order chi connectivity index (χ0) is 19.8. The molecule has 0 fully saturated rings. The Balaban J connectivity index is 1.98. The average Bonchev–Trinajstić information content (AvgIpc) is 2.61. The van der Waals surface area contributed by atoms with Gasteiger partial charge in [0, 0.05) is 38.4 Å². The van der Waals surface area contributed by atoms with Crippen molar-refractivity contribution in [3.63, 3.8) is 0 Å². The predicted octanol–water partition coefficient (Wildman–Crippen LogP) is 3.68. The van der Waals surface area contributed by atoms with E-state index in [-0.39, 0.29) is 24.1 Å². The molecular weight excluding hydrogens is 366 g/mol. The minimum Gasteiger partial charge on any atom is -0.338 e. The molecule has 2 aromatic rings. The molecule has 0 unspecified atom stereocenters. The highest BCUT2D eigenvalue weighted by Crippen LogP contribution is 2.26. The first-order chi connectivity index (χ1) is 12.8. The van der Waals surface area contributed by atoms with Crippen LogP contribution in [0, 0.1) is 0 Å². The van der Waals surface area contributed by atoms with Gasteiger partial charge >= 0.3 is 0 Å². The SMILES string of the molecule is CC(=O)Nc1cc(Cl)ccc1NC(=O)CCN(Cc1ccccc1)C(C)=O. The summed E-state index contributed by atoms with van der Waals surface area (Å²) < 4.78 is 0. The van der Waals surface area contributed by atoms with Crippen molar-refractivity contribution >= 4 is 40.7 Å². The first-order valence-corrected chi connectivity index (χ1v) is 8.89. The van der Waals surface area contributed by atoms with Crippen LogP contribution in [-0.4, -0.2) is 29.2 Å². The van der Waals surface area contributed by atoms with Gasteiger partial charge in [-0.15, -0.1) is 0 Å². The van der Waals surface area contributed by atoms with Crippen molar-refractivity contribution in [2.45, 2.75) is 26.8 Å². The highest BCUT2D eigenvalue weighted by molar-refractivity contribution is 6.31. The van der Waals surface area contributed by atoms with Crippen molar-refractivity contribution in [3.05, 3.63) is 59.1 Å². The molecule has 0 radical (unpaired) electrons. The number of hydrogen-bond acceptors (Lipinski definition) is 3. The average molecular weight is 388 g/mol. The summed E-state index contributed by atoms with van der Waals surface area (Å²) in [5.74, 6) is -0.626. The molecule has 142 valence electrons. The number of hydrogen-bond donors (Lipinski definition) is 2. The van der Waals surface area contributed by atoms with E-state index in [0.717, 1.165) is 5.56 Å². The Kier molecular flexibility index (Phi) is 7.37. The van der Waals surface area contributed by atoms with E-state index in [9.17, 15) is 14.4 Å². The maximum Gasteiger partial charge on any atom is 0.226 e. The molecule has 2 rings (SSSR count). The third-order valence-electron chi connectivity index (χ3n) is 3.84. The monoisotopic (exact) mass is 387 g/mol. The molecular formula is C20H22ClN3O3. The number of amides is 3. The maximum absolute atomic E-state index is 12.3. The van der Waals surface area contributed by atoms with E-state index in [2.05, 4.69) is 10.6 Å². The number of nitrogens with zero attached hydrogens (tertiary/aromatic N) is 1. The van der Waals surface area contributed by atoms with E-state index in [1.54, 1.807) is 23.1 Å². The molecule has 0 aliphatic heterocycles. The zero-order valence-corrected chi connectivity index (χ0v) is 16.0. The van der Waals surface area contributed by atoms with Gasteiger partial charge in [0.2, 0.25) is 17.7 Å². The van der Waals surface area contributed by atoms with Gasteiger partial charge < -0.3 is 15.5 Å². The van der Waals surface area contributed by atoms with E-state index in [4.69, 9.17) is 11.6 Å². The maximum atomic E-state index is 12.3. The molecule has 27 heavy (non-hydrogen) atoms. The summed E-state index contributed by atoms with van der Waals surface area (Å²) >= 11 is 5.94. The molecule has 0 saturated carbocycles. The molecule has 3 amide bonds. The molecule has 0 heterocycles. The van der Waals surface area contributed by atoms with E-state index >= 15 is 0 Å². The molecule has 7 heteroatoms. The number of benzene rings is 2. The second-order valence-electron chi connectivity index (χ2n) is 6.10. The highest BCUT2D eigenvalue weighted by atomic mass is 35.5. The number of nitrogens with one attached hydrogen (secondary N) is 2. The fourth-order valence-electron chi connectivity index (χ4n) is 2.52. The number of carbonyl (C=O) groups is 3. The van der Waals surface area contributed by atoms with Crippen LogP contribution in [-0.2, 0) is 20.9 Å². The van der Waals surface area contributed by atoms with E-state index in [1.807, 2.05) is 30.3 Å². The Morgan fingerprint density at radius 1 is 0.963 bits per heavy atom. The van der Waals surface area contributed by atoms with Crippen LogP contribution >= 0.6 is 11.6 Å². The summed E-state index contributed by atoms with van der Waals surface area (Å²) in [4.78, 5) is 37.1. The normalized spacial score (nSPS) is 10.2. The van der Waals surface area contributed by atoms with E-state index in [0.29, 0.717) is 29.5 Å². The number of carbonyl (C=O) groups excluding carboxylic acids is 3.